The number of halogens is 3. The summed E-state index contributed by atoms with van der Waals surface area (Å²) in [5.74, 6) is 0. The van der Waals surface area contributed by atoms with Crippen LogP contribution in [-0.4, -0.2) is 55.5 Å². The summed E-state index contributed by atoms with van der Waals surface area (Å²) in [4.78, 5) is 2.29. The molecular formula is C14H25F3N2O. The molecule has 0 aromatic rings. The Bertz CT molecular complexity index is 303. The van der Waals surface area contributed by atoms with Crippen LogP contribution in [0.15, 0.2) is 0 Å². The van der Waals surface area contributed by atoms with Gasteiger partial charge in [-0.3, -0.25) is 4.90 Å². The number of ether oxygens (including phenoxy) is 1. The summed E-state index contributed by atoms with van der Waals surface area (Å²) in [6.07, 6.45) is 1.68. The maximum absolute atomic E-state index is 12.1. The van der Waals surface area contributed by atoms with Crippen LogP contribution in [0.3, 0.4) is 0 Å². The van der Waals surface area contributed by atoms with Gasteiger partial charge in [0.2, 0.25) is 0 Å². The average molecular weight is 294 g/mol. The lowest BCUT2D eigenvalue weighted by Gasteiger charge is -2.35. The van der Waals surface area contributed by atoms with Crippen molar-refractivity contribution in [3.8, 4) is 0 Å². The fraction of sp³-hybridized carbons (Fsp3) is 1.00. The van der Waals surface area contributed by atoms with E-state index in [1.165, 1.54) is 25.7 Å². The van der Waals surface area contributed by atoms with E-state index in [2.05, 4.69) is 17.1 Å². The second-order valence-electron chi connectivity index (χ2n) is 6.19. The van der Waals surface area contributed by atoms with E-state index in [1.807, 2.05) is 0 Å². The standard InChI is InChI=1S/C14H25F3N2O/c1-12-4-7-18-13(5-2-3-6-13)10-19(12)8-9-20-11-14(15,16)17/h12,18H,2-11H2,1H3. The van der Waals surface area contributed by atoms with Crippen molar-refractivity contribution in [1.29, 1.82) is 0 Å². The summed E-state index contributed by atoms with van der Waals surface area (Å²) in [6, 6.07) is 0.400. The Morgan fingerprint density at radius 3 is 2.65 bits per heavy atom. The highest BCUT2D eigenvalue weighted by atomic mass is 19.4. The monoisotopic (exact) mass is 294 g/mol. The normalized spacial score (nSPS) is 27.9. The van der Waals surface area contributed by atoms with E-state index in [0.717, 1.165) is 19.5 Å². The smallest absolute Gasteiger partial charge is 0.371 e. The molecule has 2 aliphatic rings. The lowest BCUT2D eigenvalue weighted by atomic mass is 9.97. The van der Waals surface area contributed by atoms with Crippen molar-refractivity contribution in [1.82, 2.24) is 10.2 Å². The maximum atomic E-state index is 12.1. The van der Waals surface area contributed by atoms with Crippen LogP contribution < -0.4 is 5.32 Å². The predicted molar refractivity (Wildman–Crippen MR) is 71.7 cm³/mol. The molecule has 1 N–H and O–H groups in total. The molecule has 0 amide bonds. The zero-order valence-corrected chi connectivity index (χ0v) is 12.1. The molecule has 1 saturated heterocycles. The van der Waals surface area contributed by atoms with Gasteiger partial charge in [0.05, 0.1) is 6.61 Å². The van der Waals surface area contributed by atoms with E-state index >= 15 is 0 Å². The highest BCUT2D eigenvalue weighted by Crippen LogP contribution is 2.32. The molecule has 6 heteroatoms. The zero-order chi connectivity index (χ0) is 14.6. The second kappa shape index (κ2) is 6.62. The number of hydrogen-bond acceptors (Lipinski definition) is 3. The third kappa shape index (κ3) is 4.60. The third-order valence-corrected chi connectivity index (χ3v) is 4.54. The molecule has 1 unspecified atom stereocenters. The summed E-state index contributed by atoms with van der Waals surface area (Å²) >= 11 is 0. The van der Waals surface area contributed by atoms with Gasteiger partial charge in [0, 0.05) is 24.7 Å². The van der Waals surface area contributed by atoms with E-state index < -0.39 is 12.8 Å². The summed E-state index contributed by atoms with van der Waals surface area (Å²) in [5, 5.41) is 3.67. The molecule has 20 heavy (non-hydrogen) atoms. The molecule has 1 aliphatic heterocycles. The minimum absolute atomic E-state index is 0.153. The molecule has 0 bridgehead atoms. The van der Waals surface area contributed by atoms with Crippen molar-refractivity contribution < 1.29 is 17.9 Å². The Kier molecular flexibility index (Phi) is 5.31. The van der Waals surface area contributed by atoms with E-state index in [1.54, 1.807) is 0 Å². The molecule has 0 aromatic carbocycles. The van der Waals surface area contributed by atoms with Crippen molar-refractivity contribution in [2.75, 3.05) is 32.8 Å². The summed E-state index contributed by atoms with van der Waals surface area (Å²) < 4.78 is 40.9. The summed E-state index contributed by atoms with van der Waals surface area (Å²) in [5.41, 5.74) is 0.189. The number of nitrogens with zero attached hydrogens (tertiary/aromatic N) is 1. The van der Waals surface area contributed by atoms with Crippen LogP contribution >= 0.6 is 0 Å². The third-order valence-electron chi connectivity index (χ3n) is 4.54. The highest BCUT2D eigenvalue weighted by Gasteiger charge is 2.38. The molecule has 1 saturated carbocycles. The van der Waals surface area contributed by atoms with E-state index in [0.29, 0.717) is 12.6 Å². The summed E-state index contributed by atoms with van der Waals surface area (Å²) in [6.45, 7) is 3.68. The molecule has 118 valence electrons. The molecule has 1 spiro atoms. The minimum Gasteiger partial charge on any atom is -0.371 e. The molecule has 0 radical (unpaired) electrons. The fourth-order valence-corrected chi connectivity index (χ4v) is 3.39. The van der Waals surface area contributed by atoms with Crippen LogP contribution in [0, 0.1) is 0 Å². The van der Waals surface area contributed by atoms with Crippen molar-refractivity contribution in [3.63, 3.8) is 0 Å². The van der Waals surface area contributed by atoms with Crippen LogP contribution in [0.1, 0.15) is 39.0 Å². The van der Waals surface area contributed by atoms with E-state index in [9.17, 15) is 13.2 Å². The lowest BCUT2D eigenvalue weighted by molar-refractivity contribution is -0.174. The van der Waals surface area contributed by atoms with Crippen LogP contribution in [0.5, 0.6) is 0 Å². The van der Waals surface area contributed by atoms with Crippen LogP contribution in [0.4, 0.5) is 13.2 Å². The first kappa shape index (κ1) is 16.0. The molecule has 1 heterocycles. The van der Waals surface area contributed by atoms with Crippen LogP contribution in [0.25, 0.3) is 0 Å². The van der Waals surface area contributed by atoms with Gasteiger partial charge in [0.15, 0.2) is 0 Å². The van der Waals surface area contributed by atoms with Crippen LogP contribution in [0.2, 0.25) is 0 Å². The van der Waals surface area contributed by atoms with Gasteiger partial charge in [0.1, 0.15) is 6.61 Å². The molecule has 1 aliphatic carbocycles. The molecule has 3 nitrogen and oxygen atoms in total. The van der Waals surface area contributed by atoms with Crippen LogP contribution in [-0.2, 0) is 4.74 Å². The topological polar surface area (TPSA) is 24.5 Å². The Labute approximate surface area is 118 Å². The lowest BCUT2D eigenvalue weighted by Crippen LogP contribution is -2.50. The molecule has 2 rings (SSSR count). The largest absolute Gasteiger partial charge is 0.411 e. The van der Waals surface area contributed by atoms with Gasteiger partial charge < -0.3 is 10.1 Å². The fourth-order valence-electron chi connectivity index (χ4n) is 3.39. The number of nitrogens with one attached hydrogen (secondary N) is 1. The Morgan fingerprint density at radius 1 is 1.30 bits per heavy atom. The highest BCUT2D eigenvalue weighted by molar-refractivity contribution is 4.98. The van der Waals surface area contributed by atoms with Crippen molar-refractivity contribution >= 4 is 0 Å². The van der Waals surface area contributed by atoms with Gasteiger partial charge in [-0.1, -0.05) is 12.8 Å². The quantitative estimate of drug-likeness (QED) is 0.807. The SMILES string of the molecule is CC1CCNC2(CCCC2)CN1CCOCC(F)(F)F. The minimum atomic E-state index is -4.22. The first-order chi connectivity index (χ1) is 9.40. The predicted octanol–water partition coefficient (Wildman–Crippen LogP) is 2.56. The maximum Gasteiger partial charge on any atom is 0.411 e. The molecule has 0 aromatic heterocycles. The Morgan fingerprint density at radius 2 is 2.00 bits per heavy atom. The van der Waals surface area contributed by atoms with Gasteiger partial charge in [0.25, 0.3) is 0 Å². The first-order valence-corrected chi connectivity index (χ1v) is 7.54. The molecule has 1 atom stereocenters. The Balaban J connectivity index is 1.81. The zero-order valence-electron chi connectivity index (χ0n) is 12.1. The number of hydrogen-bond donors (Lipinski definition) is 1. The number of rotatable bonds is 4. The molecular weight excluding hydrogens is 269 g/mol. The molecule has 2 fully saturated rings. The van der Waals surface area contributed by atoms with Gasteiger partial charge in [-0.15, -0.1) is 0 Å². The van der Waals surface area contributed by atoms with Crippen molar-refractivity contribution in [2.24, 2.45) is 0 Å². The van der Waals surface area contributed by atoms with E-state index in [-0.39, 0.29) is 12.1 Å². The first-order valence-electron chi connectivity index (χ1n) is 7.54. The summed E-state index contributed by atoms with van der Waals surface area (Å²) in [7, 11) is 0. The van der Waals surface area contributed by atoms with Gasteiger partial charge in [-0.2, -0.15) is 13.2 Å². The van der Waals surface area contributed by atoms with Crippen molar-refractivity contribution in [3.05, 3.63) is 0 Å². The van der Waals surface area contributed by atoms with Gasteiger partial charge in [-0.25, -0.2) is 0 Å². The number of alkyl halides is 3. The van der Waals surface area contributed by atoms with Gasteiger partial charge >= 0.3 is 6.18 Å². The van der Waals surface area contributed by atoms with E-state index in [4.69, 9.17) is 4.74 Å². The van der Waals surface area contributed by atoms with Crippen molar-refractivity contribution in [2.45, 2.75) is 56.8 Å². The Hall–Kier alpha value is -0.330. The van der Waals surface area contributed by atoms with Gasteiger partial charge in [-0.05, 0) is 32.7 Å². The second-order valence-corrected chi connectivity index (χ2v) is 6.19. The average Bonchev–Trinajstić information content (AvgIpc) is 2.74.